The summed E-state index contributed by atoms with van der Waals surface area (Å²) in [6.07, 6.45) is 0.839. The molecule has 0 atom stereocenters. The second kappa shape index (κ2) is 6.58. The Labute approximate surface area is 86.5 Å². The number of carbonyl (C=O) groups excluding carboxylic acids is 2. The van der Waals surface area contributed by atoms with Crippen LogP contribution in [0.15, 0.2) is 11.6 Å². The summed E-state index contributed by atoms with van der Waals surface area (Å²) in [5.74, 6) is -2.26. The third-order valence-corrected chi connectivity index (χ3v) is 1.25. The molecule has 0 saturated heterocycles. The van der Waals surface area contributed by atoms with Crippen molar-refractivity contribution in [2.45, 2.75) is 13.8 Å². The van der Waals surface area contributed by atoms with Gasteiger partial charge in [0.1, 0.15) is 13.2 Å². The number of carboxylic acid groups (broad SMARTS) is 1. The molecule has 1 N–H and O–H groups in total. The van der Waals surface area contributed by atoms with E-state index in [1.807, 2.05) is 0 Å². The van der Waals surface area contributed by atoms with E-state index in [4.69, 9.17) is 5.11 Å². The summed E-state index contributed by atoms with van der Waals surface area (Å²) in [4.78, 5) is 31.3. The Kier molecular flexibility index (Phi) is 5.77. The molecule has 0 aliphatic carbocycles. The van der Waals surface area contributed by atoms with E-state index < -0.39 is 17.9 Å². The van der Waals surface area contributed by atoms with E-state index in [1.165, 1.54) is 13.8 Å². The van der Waals surface area contributed by atoms with Crippen molar-refractivity contribution in [3.05, 3.63) is 11.6 Å². The number of hydrogen-bond acceptors (Lipinski definition) is 5. The van der Waals surface area contributed by atoms with Crippen LogP contribution in [-0.4, -0.2) is 36.2 Å². The molecule has 0 aliphatic rings. The van der Waals surface area contributed by atoms with E-state index >= 15 is 0 Å². The molecule has 0 aromatic heterocycles. The fraction of sp³-hybridized carbons (Fsp3) is 0.444. The van der Waals surface area contributed by atoms with Crippen LogP contribution < -0.4 is 0 Å². The average molecular weight is 216 g/mol. The monoisotopic (exact) mass is 216 g/mol. The van der Waals surface area contributed by atoms with Crippen LogP contribution in [0.2, 0.25) is 0 Å². The van der Waals surface area contributed by atoms with Crippen molar-refractivity contribution in [1.82, 2.24) is 0 Å². The summed E-state index contributed by atoms with van der Waals surface area (Å²) in [5.41, 5.74) is 0.202. The Morgan fingerprint density at radius 1 is 1.07 bits per heavy atom. The standard InChI is InChI=1S/C9H12O6/c1-6(10)14-4-8(3-9(12)13)5-15-7(2)11/h3H,4-5H2,1-2H3,(H,12,13). The second-order valence-electron chi connectivity index (χ2n) is 2.70. The lowest BCUT2D eigenvalue weighted by Crippen LogP contribution is -2.12. The van der Waals surface area contributed by atoms with Crippen LogP contribution in [0.3, 0.4) is 0 Å². The van der Waals surface area contributed by atoms with Crippen molar-refractivity contribution in [1.29, 1.82) is 0 Å². The van der Waals surface area contributed by atoms with Crippen molar-refractivity contribution in [2.24, 2.45) is 0 Å². The number of rotatable bonds is 5. The van der Waals surface area contributed by atoms with Gasteiger partial charge in [0, 0.05) is 25.5 Å². The molecule has 0 amide bonds. The smallest absolute Gasteiger partial charge is 0.328 e. The molecule has 0 spiro atoms. The molecule has 0 saturated carbocycles. The first-order valence-corrected chi connectivity index (χ1v) is 4.11. The molecule has 0 bridgehead atoms. The van der Waals surface area contributed by atoms with Crippen LogP contribution >= 0.6 is 0 Å². The summed E-state index contributed by atoms with van der Waals surface area (Å²) in [7, 11) is 0. The highest BCUT2D eigenvalue weighted by Crippen LogP contribution is 1.98. The average Bonchev–Trinajstić information content (AvgIpc) is 2.08. The predicted octanol–water partition coefficient (Wildman–Crippen LogP) is 0.124. The van der Waals surface area contributed by atoms with Gasteiger partial charge in [-0.2, -0.15) is 0 Å². The van der Waals surface area contributed by atoms with Gasteiger partial charge in [0.2, 0.25) is 0 Å². The number of carbonyl (C=O) groups is 3. The molecule has 0 fully saturated rings. The summed E-state index contributed by atoms with van der Waals surface area (Å²) in [6, 6.07) is 0. The van der Waals surface area contributed by atoms with Gasteiger partial charge in [-0.1, -0.05) is 0 Å². The Hall–Kier alpha value is -1.85. The first-order valence-electron chi connectivity index (χ1n) is 4.11. The lowest BCUT2D eigenvalue weighted by molar-refractivity contribution is -0.141. The minimum atomic E-state index is -1.19. The molecule has 0 heterocycles. The minimum absolute atomic E-state index is 0.199. The number of aliphatic carboxylic acids is 1. The van der Waals surface area contributed by atoms with E-state index in [-0.39, 0.29) is 18.8 Å². The molecule has 0 radical (unpaired) electrons. The van der Waals surface area contributed by atoms with E-state index in [1.54, 1.807) is 0 Å². The van der Waals surface area contributed by atoms with Gasteiger partial charge >= 0.3 is 17.9 Å². The fourth-order valence-electron chi connectivity index (χ4n) is 0.688. The van der Waals surface area contributed by atoms with Crippen LogP contribution in [-0.2, 0) is 23.9 Å². The lowest BCUT2D eigenvalue weighted by atomic mass is 10.3. The van der Waals surface area contributed by atoms with Crippen molar-refractivity contribution < 1.29 is 29.0 Å². The topological polar surface area (TPSA) is 89.9 Å². The number of hydrogen-bond donors (Lipinski definition) is 1. The molecule has 0 aliphatic heterocycles. The van der Waals surface area contributed by atoms with E-state index in [2.05, 4.69) is 9.47 Å². The number of ether oxygens (including phenoxy) is 2. The maximum absolute atomic E-state index is 10.5. The molecule has 15 heavy (non-hydrogen) atoms. The number of carboxylic acids is 1. The van der Waals surface area contributed by atoms with Gasteiger partial charge in [0.25, 0.3) is 0 Å². The van der Waals surface area contributed by atoms with E-state index in [9.17, 15) is 14.4 Å². The summed E-state index contributed by atoms with van der Waals surface area (Å²) < 4.78 is 9.15. The van der Waals surface area contributed by atoms with Crippen LogP contribution in [0, 0.1) is 0 Å². The van der Waals surface area contributed by atoms with Gasteiger partial charge in [0.05, 0.1) is 0 Å². The van der Waals surface area contributed by atoms with Gasteiger partial charge in [-0.15, -0.1) is 0 Å². The SMILES string of the molecule is CC(=O)OCC(=CC(=O)O)COC(C)=O. The normalized spacial score (nSPS) is 8.93. The molecule has 6 nitrogen and oxygen atoms in total. The Morgan fingerprint density at radius 2 is 1.47 bits per heavy atom. The highest BCUT2D eigenvalue weighted by molar-refractivity contribution is 5.81. The second-order valence-corrected chi connectivity index (χ2v) is 2.70. The third-order valence-electron chi connectivity index (χ3n) is 1.25. The van der Waals surface area contributed by atoms with Crippen molar-refractivity contribution in [3.8, 4) is 0 Å². The lowest BCUT2D eigenvalue weighted by Gasteiger charge is -2.06. The Bertz CT molecular complexity index is 271. The fourth-order valence-corrected chi connectivity index (χ4v) is 0.688. The van der Waals surface area contributed by atoms with Gasteiger partial charge < -0.3 is 14.6 Å². The predicted molar refractivity (Wildman–Crippen MR) is 49.0 cm³/mol. The first kappa shape index (κ1) is 13.2. The molecular formula is C9H12O6. The molecule has 6 heteroatoms. The summed E-state index contributed by atoms with van der Waals surface area (Å²) in [6.45, 7) is 2.00. The molecule has 0 rings (SSSR count). The van der Waals surface area contributed by atoms with Crippen molar-refractivity contribution in [2.75, 3.05) is 13.2 Å². The van der Waals surface area contributed by atoms with Gasteiger partial charge in [-0.25, -0.2) is 4.79 Å². The number of esters is 2. The van der Waals surface area contributed by atoms with Crippen LogP contribution in [0.5, 0.6) is 0 Å². The molecular weight excluding hydrogens is 204 g/mol. The molecule has 0 aromatic rings. The van der Waals surface area contributed by atoms with Gasteiger partial charge in [-0.05, 0) is 0 Å². The van der Waals surface area contributed by atoms with E-state index in [0.717, 1.165) is 6.08 Å². The Balaban J connectivity index is 4.25. The van der Waals surface area contributed by atoms with E-state index in [0.29, 0.717) is 0 Å². The zero-order valence-electron chi connectivity index (χ0n) is 8.48. The quantitative estimate of drug-likeness (QED) is 0.518. The zero-order valence-corrected chi connectivity index (χ0v) is 8.48. The highest BCUT2D eigenvalue weighted by Gasteiger charge is 2.05. The minimum Gasteiger partial charge on any atom is -0.478 e. The van der Waals surface area contributed by atoms with Gasteiger partial charge in [-0.3, -0.25) is 9.59 Å². The molecule has 0 unspecified atom stereocenters. The summed E-state index contributed by atoms with van der Waals surface area (Å²) >= 11 is 0. The molecule has 84 valence electrons. The maximum atomic E-state index is 10.5. The highest BCUT2D eigenvalue weighted by atomic mass is 16.5. The zero-order chi connectivity index (χ0) is 11.8. The van der Waals surface area contributed by atoms with Crippen molar-refractivity contribution >= 4 is 17.9 Å². The van der Waals surface area contributed by atoms with Crippen LogP contribution in [0.1, 0.15) is 13.8 Å². The first-order chi connectivity index (χ1) is 6.91. The maximum Gasteiger partial charge on any atom is 0.328 e. The largest absolute Gasteiger partial charge is 0.478 e. The summed E-state index contributed by atoms with van der Waals surface area (Å²) in [5, 5.41) is 8.46. The van der Waals surface area contributed by atoms with Crippen molar-refractivity contribution in [3.63, 3.8) is 0 Å². The van der Waals surface area contributed by atoms with Crippen LogP contribution in [0.25, 0.3) is 0 Å². The third kappa shape index (κ3) is 8.48. The van der Waals surface area contributed by atoms with Crippen LogP contribution in [0.4, 0.5) is 0 Å². The Morgan fingerprint density at radius 3 is 1.73 bits per heavy atom. The molecule has 0 aromatic carbocycles. The van der Waals surface area contributed by atoms with Gasteiger partial charge in [0.15, 0.2) is 0 Å².